The SMILES string of the molecule is Cc1cc(NC(C)(C)C2CC2)c(C(=O)O)c(C)n1. The highest BCUT2D eigenvalue weighted by atomic mass is 16.4. The first-order chi connectivity index (χ1) is 8.31. The number of nitrogens with one attached hydrogen (secondary N) is 1. The first-order valence-electron chi connectivity index (χ1n) is 6.31. The van der Waals surface area contributed by atoms with Gasteiger partial charge < -0.3 is 10.4 Å². The number of rotatable bonds is 4. The van der Waals surface area contributed by atoms with Gasteiger partial charge >= 0.3 is 5.97 Å². The van der Waals surface area contributed by atoms with Crippen molar-refractivity contribution in [1.29, 1.82) is 0 Å². The summed E-state index contributed by atoms with van der Waals surface area (Å²) in [5, 5.41) is 12.7. The van der Waals surface area contributed by atoms with Crippen LogP contribution in [0.2, 0.25) is 0 Å². The Kier molecular flexibility index (Phi) is 3.05. The van der Waals surface area contributed by atoms with Gasteiger partial charge in [-0.3, -0.25) is 4.98 Å². The molecule has 0 aromatic carbocycles. The standard InChI is InChI=1S/C14H20N2O2/c1-8-7-11(12(13(17)18)9(2)15-8)16-14(3,4)10-5-6-10/h7,10H,5-6H2,1-4H3,(H,15,16)(H,17,18). The van der Waals surface area contributed by atoms with Gasteiger partial charge in [-0.15, -0.1) is 0 Å². The highest BCUT2D eigenvalue weighted by Gasteiger charge is 2.38. The van der Waals surface area contributed by atoms with Crippen LogP contribution < -0.4 is 5.32 Å². The van der Waals surface area contributed by atoms with Crippen molar-refractivity contribution in [2.75, 3.05) is 5.32 Å². The summed E-state index contributed by atoms with van der Waals surface area (Å²) < 4.78 is 0. The van der Waals surface area contributed by atoms with Crippen LogP contribution in [-0.4, -0.2) is 21.6 Å². The van der Waals surface area contributed by atoms with Crippen molar-refractivity contribution in [2.45, 2.75) is 46.1 Å². The fourth-order valence-corrected chi connectivity index (χ4v) is 2.45. The molecule has 1 heterocycles. The van der Waals surface area contributed by atoms with E-state index in [-0.39, 0.29) is 11.1 Å². The predicted molar refractivity (Wildman–Crippen MR) is 71.1 cm³/mol. The van der Waals surface area contributed by atoms with E-state index in [2.05, 4.69) is 24.1 Å². The van der Waals surface area contributed by atoms with Gasteiger partial charge in [0.1, 0.15) is 5.56 Å². The molecule has 0 spiro atoms. The molecule has 1 aliphatic rings. The maximum Gasteiger partial charge on any atom is 0.339 e. The van der Waals surface area contributed by atoms with Gasteiger partial charge in [0.15, 0.2) is 0 Å². The van der Waals surface area contributed by atoms with Crippen molar-refractivity contribution >= 4 is 11.7 Å². The van der Waals surface area contributed by atoms with Gasteiger partial charge in [0.2, 0.25) is 0 Å². The number of carbonyl (C=O) groups is 1. The van der Waals surface area contributed by atoms with E-state index in [1.807, 2.05) is 13.0 Å². The van der Waals surface area contributed by atoms with Gasteiger partial charge in [-0.2, -0.15) is 0 Å². The minimum Gasteiger partial charge on any atom is -0.478 e. The van der Waals surface area contributed by atoms with E-state index >= 15 is 0 Å². The molecule has 2 N–H and O–H groups in total. The molecule has 1 aromatic heterocycles. The van der Waals surface area contributed by atoms with Crippen LogP contribution in [-0.2, 0) is 0 Å². The number of anilines is 1. The van der Waals surface area contributed by atoms with Gasteiger partial charge in [-0.05, 0) is 52.5 Å². The molecule has 0 amide bonds. The van der Waals surface area contributed by atoms with Crippen LogP contribution in [0.1, 0.15) is 48.4 Å². The van der Waals surface area contributed by atoms with E-state index in [4.69, 9.17) is 0 Å². The highest BCUT2D eigenvalue weighted by molar-refractivity contribution is 5.95. The first kappa shape index (κ1) is 12.9. The summed E-state index contributed by atoms with van der Waals surface area (Å²) in [5.41, 5.74) is 2.31. The number of nitrogens with zero attached hydrogens (tertiary/aromatic N) is 1. The van der Waals surface area contributed by atoms with Crippen LogP contribution in [0.4, 0.5) is 5.69 Å². The summed E-state index contributed by atoms with van der Waals surface area (Å²) in [5.74, 6) is -0.290. The summed E-state index contributed by atoms with van der Waals surface area (Å²) in [4.78, 5) is 15.6. The maximum absolute atomic E-state index is 11.3. The molecule has 4 nitrogen and oxygen atoms in total. The lowest BCUT2D eigenvalue weighted by Gasteiger charge is -2.28. The average Bonchev–Trinajstić information content (AvgIpc) is 2.96. The minimum absolute atomic E-state index is 0.0650. The molecule has 1 aliphatic carbocycles. The molecular weight excluding hydrogens is 228 g/mol. The Labute approximate surface area is 107 Å². The second kappa shape index (κ2) is 4.26. The van der Waals surface area contributed by atoms with Crippen molar-refractivity contribution in [3.8, 4) is 0 Å². The second-order valence-corrected chi connectivity index (χ2v) is 5.70. The van der Waals surface area contributed by atoms with E-state index in [1.165, 1.54) is 12.8 Å². The van der Waals surface area contributed by atoms with Gasteiger partial charge in [-0.1, -0.05) is 0 Å². The van der Waals surface area contributed by atoms with Crippen LogP contribution in [0.3, 0.4) is 0 Å². The molecule has 98 valence electrons. The van der Waals surface area contributed by atoms with Crippen molar-refractivity contribution in [1.82, 2.24) is 4.98 Å². The third-order valence-corrected chi connectivity index (χ3v) is 3.60. The van der Waals surface area contributed by atoms with E-state index in [0.29, 0.717) is 17.3 Å². The zero-order valence-corrected chi connectivity index (χ0v) is 11.4. The Morgan fingerprint density at radius 1 is 1.44 bits per heavy atom. The third kappa shape index (κ3) is 2.47. The molecule has 1 fully saturated rings. The summed E-state index contributed by atoms with van der Waals surface area (Å²) >= 11 is 0. The summed E-state index contributed by atoms with van der Waals surface area (Å²) in [6, 6.07) is 1.82. The molecule has 0 saturated heterocycles. The molecular formula is C14H20N2O2. The molecule has 0 aliphatic heterocycles. The zero-order chi connectivity index (χ0) is 13.5. The van der Waals surface area contributed by atoms with Crippen LogP contribution in [0.5, 0.6) is 0 Å². The van der Waals surface area contributed by atoms with E-state index < -0.39 is 5.97 Å². The quantitative estimate of drug-likeness (QED) is 0.859. The fourth-order valence-electron chi connectivity index (χ4n) is 2.45. The molecule has 0 radical (unpaired) electrons. The maximum atomic E-state index is 11.3. The van der Waals surface area contributed by atoms with Gasteiger partial charge in [-0.25, -0.2) is 4.79 Å². The van der Waals surface area contributed by atoms with Crippen molar-refractivity contribution in [2.24, 2.45) is 5.92 Å². The number of hydrogen-bond acceptors (Lipinski definition) is 3. The molecule has 0 atom stereocenters. The predicted octanol–water partition coefficient (Wildman–Crippen LogP) is 3.00. The fraction of sp³-hybridized carbons (Fsp3) is 0.571. The van der Waals surface area contributed by atoms with Crippen LogP contribution in [0, 0.1) is 19.8 Å². The molecule has 2 rings (SSSR count). The lowest BCUT2D eigenvalue weighted by Crippen LogP contribution is -2.34. The second-order valence-electron chi connectivity index (χ2n) is 5.70. The van der Waals surface area contributed by atoms with Crippen molar-refractivity contribution < 1.29 is 9.90 Å². The van der Waals surface area contributed by atoms with Crippen LogP contribution in [0.15, 0.2) is 6.07 Å². The monoisotopic (exact) mass is 248 g/mol. The number of hydrogen-bond donors (Lipinski definition) is 2. The molecule has 1 saturated carbocycles. The number of aromatic carboxylic acids is 1. The Bertz CT molecular complexity index is 491. The van der Waals surface area contributed by atoms with E-state index in [1.54, 1.807) is 6.92 Å². The number of pyridine rings is 1. The topological polar surface area (TPSA) is 62.2 Å². The van der Waals surface area contributed by atoms with Gasteiger partial charge in [0.05, 0.1) is 11.4 Å². The summed E-state index contributed by atoms with van der Waals surface area (Å²) in [7, 11) is 0. The Morgan fingerprint density at radius 3 is 2.56 bits per heavy atom. The lowest BCUT2D eigenvalue weighted by atomic mass is 9.97. The molecule has 1 aromatic rings. The minimum atomic E-state index is -0.922. The summed E-state index contributed by atoms with van der Waals surface area (Å²) in [6.45, 7) is 7.88. The van der Waals surface area contributed by atoms with Gasteiger partial charge in [0, 0.05) is 11.2 Å². The number of carboxylic acids is 1. The smallest absolute Gasteiger partial charge is 0.339 e. The Morgan fingerprint density at radius 2 is 2.06 bits per heavy atom. The number of aryl methyl sites for hydroxylation is 2. The van der Waals surface area contributed by atoms with Crippen molar-refractivity contribution in [3.63, 3.8) is 0 Å². The molecule has 18 heavy (non-hydrogen) atoms. The molecule has 4 heteroatoms. The average molecular weight is 248 g/mol. The summed E-state index contributed by atoms with van der Waals surface area (Å²) in [6.07, 6.45) is 2.43. The zero-order valence-electron chi connectivity index (χ0n) is 11.4. The Hall–Kier alpha value is -1.58. The van der Waals surface area contributed by atoms with Crippen LogP contribution >= 0.6 is 0 Å². The van der Waals surface area contributed by atoms with Crippen molar-refractivity contribution in [3.05, 3.63) is 23.0 Å². The third-order valence-electron chi connectivity index (χ3n) is 3.60. The highest BCUT2D eigenvalue weighted by Crippen LogP contribution is 2.41. The Balaban J connectivity index is 2.39. The van der Waals surface area contributed by atoms with Gasteiger partial charge in [0.25, 0.3) is 0 Å². The number of aromatic nitrogens is 1. The van der Waals surface area contributed by atoms with Crippen LogP contribution in [0.25, 0.3) is 0 Å². The largest absolute Gasteiger partial charge is 0.478 e. The molecule has 0 unspecified atom stereocenters. The molecule has 0 bridgehead atoms. The first-order valence-corrected chi connectivity index (χ1v) is 6.31. The number of carboxylic acid groups (broad SMARTS) is 1. The normalized spacial score (nSPS) is 15.6. The van der Waals surface area contributed by atoms with E-state index in [9.17, 15) is 9.90 Å². The lowest BCUT2D eigenvalue weighted by molar-refractivity contribution is 0.0696. The van der Waals surface area contributed by atoms with E-state index in [0.717, 1.165) is 5.69 Å².